The van der Waals surface area contributed by atoms with Crippen molar-refractivity contribution in [3.05, 3.63) is 29.4 Å². The summed E-state index contributed by atoms with van der Waals surface area (Å²) in [6, 6.07) is 4.71. The zero-order valence-electron chi connectivity index (χ0n) is 16.4. The maximum atomic E-state index is 14.9. The number of carbonyl (C=O) groups is 2. The summed E-state index contributed by atoms with van der Waals surface area (Å²) in [5.74, 6) is -0.601. The molecule has 0 radical (unpaired) electrons. The Bertz CT molecular complexity index is 947. The molecular weight excluding hydrogens is 413 g/mol. The van der Waals surface area contributed by atoms with E-state index in [0.717, 1.165) is 5.13 Å². The molecule has 0 aliphatic carbocycles. The van der Waals surface area contributed by atoms with Crippen LogP contribution in [0.5, 0.6) is 5.88 Å². The van der Waals surface area contributed by atoms with Crippen molar-refractivity contribution >= 4 is 39.8 Å². The maximum Gasteiger partial charge on any atom is 0.414 e. The van der Waals surface area contributed by atoms with E-state index in [1.165, 1.54) is 29.2 Å². The predicted molar refractivity (Wildman–Crippen MR) is 111 cm³/mol. The van der Waals surface area contributed by atoms with Crippen LogP contribution in [0.1, 0.15) is 6.92 Å². The molecule has 4 rings (SSSR count). The molecule has 0 saturated carbocycles. The van der Waals surface area contributed by atoms with Crippen LogP contribution < -0.4 is 20.0 Å². The maximum absolute atomic E-state index is 14.9. The number of benzene rings is 1. The zero-order chi connectivity index (χ0) is 21.3. The molecule has 2 aromatic rings. The second-order valence-corrected chi connectivity index (χ2v) is 7.99. The lowest BCUT2D eigenvalue weighted by atomic mass is 10.2. The average molecular weight is 435 g/mol. The van der Waals surface area contributed by atoms with Crippen LogP contribution in [0.3, 0.4) is 0 Å². The van der Waals surface area contributed by atoms with Gasteiger partial charge < -0.3 is 25.0 Å². The summed E-state index contributed by atoms with van der Waals surface area (Å²) in [6.07, 6.45) is -1.03. The molecule has 2 amide bonds. The molecule has 30 heavy (non-hydrogen) atoms. The number of aromatic nitrogens is 1. The molecule has 1 atom stereocenters. The molecule has 2 N–H and O–H groups in total. The number of halogens is 1. The first-order valence-electron chi connectivity index (χ1n) is 9.57. The van der Waals surface area contributed by atoms with Crippen molar-refractivity contribution in [1.29, 1.82) is 0 Å². The summed E-state index contributed by atoms with van der Waals surface area (Å²) in [7, 11) is 0. The number of nitrogens with zero attached hydrogens (tertiary/aromatic N) is 4. The predicted octanol–water partition coefficient (Wildman–Crippen LogP) is 1.78. The molecule has 1 aromatic heterocycles. The van der Waals surface area contributed by atoms with Crippen molar-refractivity contribution < 1.29 is 23.8 Å². The first kappa shape index (κ1) is 20.2. The Labute approximate surface area is 176 Å². The third-order valence-corrected chi connectivity index (χ3v) is 5.96. The molecule has 2 fully saturated rings. The lowest BCUT2D eigenvalue weighted by Crippen LogP contribution is -2.46. The highest BCUT2D eigenvalue weighted by molar-refractivity contribution is 7.13. The second kappa shape index (κ2) is 8.34. The SMILES string of the molecule is CC(=O)NCC1CN(c2ccc(N3CCN(c4nc(O)cs4)CC3)c(F)c2)C(=O)O1. The van der Waals surface area contributed by atoms with Crippen molar-refractivity contribution in [2.75, 3.05) is 54.0 Å². The van der Waals surface area contributed by atoms with Gasteiger partial charge in [0.1, 0.15) is 11.9 Å². The zero-order valence-corrected chi connectivity index (χ0v) is 17.2. The highest BCUT2D eigenvalue weighted by Gasteiger charge is 2.33. The molecule has 160 valence electrons. The largest absolute Gasteiger partial charge is 0.493 e. The van der Waals surface area contributed by atoms with Crippen LogP contribution in [0.15, 0.2) is 23.6 Å². The van der Waals surface area contributed by atoms with Crippen molar-refractivity contribution in [3.63, 3.8) is 0 Å². The first-order valence-corrected chi connectivity index (χ1v) is 10.4. The van der Waals surface area contributed by atoms with Gasteiger partial charge in [0, 0.05) is 33.1 Å². The van der Waals surface area contributed by atoms with Crippen molar-refractivity contribution in [1.82, 2.24) is 10.3 Å². The number of nitrogens with one attached hydrogen (secondary N) is 1. The van der Waals surface area contributed by atoms with E-state index in [0.29, 0.717) is 37.6 Å². The molecule has 1 aromatic carbocycles. The van der Waals surface area contributed by atoms with E-state index in [1.54, 1.807) is 17.5 Å². The van der Waals surface area contributed by atoms with Gasteiger partial charge in [-0.3, -0.25) is 9.69 Å². The van der Waals surface area contributed by atoms with Gasteiger partial charge in [0.25, 0.3) is 0 Å². The van der Waals surface area contributed by atoms with Gasteiger partial charge in [-0.05, 0) is 18.2 Å². The van der Waals surface area contributed by atoms with Crippen LogP contribution in [0, 0.1) is 5.82 Å². The fraction of sp³-hybridized carbons (Fsp3) is 0.421. The van der Waals surface area contributed by atoms with Crippen LogP contribution in [0.2, 0.25) is 0 Å². The molecule has 2 aliphatic heterocycles. The van der Waals surface area contributed by atoms with Gasteiger partial charge in [0.15, 0.2) is 5.13 Å². The molecule has 1 unspecified atom stereocenters. The third kappa shape index (κ3) is 4.25. The topological polar surface area (TPSA) is 98.2 Å². The van der Waals surface area contributed by atoms with Crippen molar-refractivity contribution in [3.8, 4) is 5.88 Å². The summed E-state index contributed by atoms with van der Waals surface area (Å²) >= 11 is 1.38. The van der Waals surface area contributed by atoms with Crippen LogP contribution in [0.4, 0.5) is 25.7 Å². The van der Waals surface area contributed by atoms with Crippen LogP contribution in [-0.4, -0.2) is 67.5 Å². The number of piperazine rings is 1. The minimum absolute atomic E-state index is 0.0128. The molecule has 0 spiro atoms. The minimum atomic E-state index is -0.558. The molecule has 3 heterocycles. The number of thiazole rings is 1. The molecular formula is C19H22FN5O4S. The van der Waals surface area contributed by atoms with E-state index in [-0.39, 0.29) is 24.9 Å². The van der Waals surface area contributed by atoms with E-state index in [9.17, 15) is 19.1 Å². The van der Waals surface area contributed by atoms with Gasteiger partial charge in [0.05, 0.1) is 29.8 Å². The molecule has 0 bridgehead atoms. The van der Waals surface area contributed by atoms with Gasteiger partial charge in [-0.2, -0.15) is 4.98 Å². The van der Waals surface area contributed by atoms with Gasteiger partial charge >= 0.3 is 6.09 Å². The van der Waals surface area contributed by atoms with Crippen LogP contribution >= 0.6 is 11.3 Å². The van der Waals surface area contributed by atoms with Gasteiger partial charge in [0.2, 0.25) is 11.8 Å². The lowest BCUT2D eigenvalue weighted by Gasteiger charge is -2.36. The number of aromatic hydroxyl groups is 1. The second-order valence-electron chi connectivity index (χ2n) is 7.15. The van der Waals surface area contributed by atoms with E-state index in [4.69, 9.17) is 4.74 Å². The molecule has 9 nitrogen and oxygen atoms in total. The summed E-state index contributed by atoms with van der Waals surface area (Å²) in [4.78, 5) is 32.6. The number of hydrogen-bond acceptors (Lipinski definition) is 8. The van der Waals surface area contributed by atoms with Crippen LogP contribution in [-0.2, 0) is 9.53 Å². The Hall–Kier alpha value is -3.08. The highest BCUT2D eigenvalue weighted by Crippen LogP contribution is 2.30. The number of anilines is 3. The van der Waals surface area contributed by atoms with Crippen LogP contribution in [0.25, 0.3) is 0 Å². The number of cyclic esters (lactones) is 1. The summed E-state index contributed by atoms with van der Waals surface area (Å²) < 4.78 is 20.1. The summed E-state index contributed by atoms with van der Waals surface area (Å²) in [5, 5.41) is 14.4. The highest BCUT2D eigenvalue weighted by atomic mass is 32.1. The number of carbonyl (C=O) groups excluding carboxylic acids is 2. The fourth-order valence-electron chi connectivity index (χ4n) is 3.56. The molecule has 11 heteroatoms. The quantitative estimate of drug-likeness (QED) is 0.739. The summed E-state index contributed by atoms with van der Waals surface area (Å²) in [6.45, 7) is 4.41. The smallest absolute Gasteiger partial charge is 0.414 e. The van der Waals surface area contributed by atoms with Crippen molar-refractivity contribution in [2.24, 2.45) is 0 Å². The van der Waals surface area contributed by atoms with Gasteiger partial charge in [-0.15, -0.1) is 11.3 Å². The fourth-order valence-corrected chi connectivity index (χ4v) is 4.30. The number of hydrogen-bond donors (Lipinski definition) is 2. The van der Waals surface area contributed by atoms with E-state index in [2.05, 4.69) is 15.2 Å². The normalized spacial score (nSPS) is 19.2. The van der Waals surface area contributed by atoms with E-state index in [1.807, 2.05) is 4.90 Å². The number of rotatable bonds is 5. The standard InChI is InChI=1S/C19H22FN5O4S/c1-12(26)21-9-14-10-25(19(28)29-14)13-2-3-16(15(20)8-13)23-4-6-24(7-5-23)18-22-17(27)11-30-18/h2-3,8,11,14,27H,4-7,9-10H2,1H3,(H,21,26). The Morgan fingerprint density at radius 2 is 2.07 bits per heavy atom. The van der Waals surface area contributed by atoms with E-state index < -0.39 is 18.0 Å². The molecule has 2 saturated heterocycles. The monoisotopic (exact) mass is 435 g/mol. The number of ether oxygens (including phenoxy) is 1. The minimum Gasteiger partial charge on any atom is -0.493 e. The lowest BCUT2D eigenvalue weighted by molar-refractivity contribution is -0.119. The Kier molecular flexibility index (Phi) is 5.62. The average Bonchev–Trinajstić information content (AvgIpc) is 3.32. The first-order chi connectivity index (χ1) is 14.4. The van der Waals surface area contributed by atoms with Gasteiger partial charge in [-0.25, -0.2) is 9.18 Å². The number of amides is 2. The summed E-state index contributed by atoms with van der Waals surface area (Å²) in [5.41, 5.74) is 0.895. The van der Waals surface area contributed by atoms with E-state index >= 15 is 0 Å². The Balaban J connectivity index is 1.39. The van der Waals surface area contributed by atoms with Gasteiger partial charge in [-0.1, -0.05) is 0 Å². The Morgan fingerprint density at radius 1 is 1.33 bits per heavy atom. The molecule has 2 aliphatic rings. The van der Waals surface area contributed by atoms with Crippen molar-refractivity contribution in [2.45, 2.75) is 13.0 Å². The Morgan fingerprint density at radius 3 is 2.70 bits per heavy atom. The third-order valence-electron chi connectivity index (χ3n) is 5.07.